The van der Waals surface area contributed by atoms with Crippen LogP contribution in [0.1, 0.15) is 18.0 Å². The van der Waals surface area contributed by atoms with Crippen LogP contribution in [0.2, 0.25) is 0 Å². The highest BCUT2D eigenvalue weighted by Crippen LogP contribution is 2.19. The highest BCUT2D eigenvalue weighted by atomic mass is 32.2. The summed E-state index contributed by atoms with van der Waals surface area (Å²) in [4.78, 5) is 42.1. The van der Waals surface area contributed by atoms with Gasteiger partial charge in [0.25, 0.3) is 5.56 Å². The minimum absolute atomic E-state index is 0.286. The Hall–Kier alpha value is -3.13. The molecule has 1 amide bonds. The summed E-state index contributed by atoms with van der Waals surface area (Å²) in [6.07, 6.45) is 3.49. The third kappa shape index (κ3) is 4.65. The zero-order valence-corrected chi connectivity index (χ0v) is 16.6. The fourth-order valence-electron chi connectivity index (χ4n) is 3.08. The number of carboxylic acid groups (broad SMARTS) is 1. The lowest BCUT2D eigenvalue weighted by Crippen LogP contribution is -2.46. The van der Waals surface area contributed by atoms with Gasteiger partial charge in [0.2, 0.25) is 5.91 Å². The first kappa shape index (κ1) is 20.6. The van der Waals surface area contributed by atoms with Crippen molar-refractivity contribution >= 4 is 34.5 Å². The second kappa shape index (κ2) is 9.38. The van der Waals surface area contributed by atoms with Crippen molar-refractivity contribution in [3.05, 3.63) is 76.8 Å². The summed E-state index contributed by atoms with van der Waals surface area (Å²) < 4.78 is 1.25. The number of carboxylic acids is 1. The molecule has 2 unspecified atom stereocenters. The molecule has 2 atom stereocenters. The van der Waals surface area contributed by atoms with E-state index < -0.39 is 24.0 Å². The van der Waals surface area contributed by atoms with Crippen LogP contribution in [0.25, 0.3) is 10.9 Å². The first-order valence-corrected chi connectivity index (χ1v) is 10.4. The predicted octanol–water partition coefficient (Wildman–Crippen LogP) is 2.31. The Labute approximate surface area is 171 Å². The molecular formula is C21H21N3O4S. The molecule has 0 aliphatic carbocycles. The van der Waals surface area contributed by atoms with Crippen LogP contribution in [-0.2, 0) is 9.59 Å². The lowest BCUT2D eigenvalue weighted by Gasteiger charge is -2.22. The molecule has 0 radical (unpaired) electrons. The largest absolute Gasteiger partial charge is 0.480 e. The van der Waals surface area contributed by atoms with E-state index in [9.17, 15) is 19.5 Å². The van der Waals surface area contributed by atoms with Crippen molar-refractivity contribution in [2.45, 2.75) is 18.5 Å². The molecule has 150 valence electrons. The average molecular weight is 411 g/mol. The third-order valence-corrected chi connectivity index (χ3v) is 5.20. The number of benzene rings is 2. The van der Waals surface area contributed by atoms with Gasteiger partial charge >= 0.3 is 5.97 Å². The molecule has 0 aliphatic heterocycles. The number of aromatic nitrogens is 2. The Morgan fingerprint density at radius 3 is 2.52 bits per heavy atom. The number of thioether (sulfide) groups is 1. The summed E-state index contributed by atoms with van der Waals surface area (Å²) in [6.45, 7) is 0. The van der Waals surface area contributed by atoms with Crippen molar-refractivity contribution < 1.29 is 14.7 Å². The van der Waals surface area contributed by atoms with Crippen LogP contribution < -0.4 is 10.9 Å². The standard InChI is InChI=1S/C21H21N3O4S/c1-29-12-11-17(21(27)28)23-19(25)18(14-7-3-2-4-8-14)24-13-22-16-10-6-5-9-15(16)20(24)26/h2-10,13,17-18H,11-12H2,1H3,(H,23,25)(H,27,28). The van der Waals surface area contributed by atoms with Gasteiger partial charge in [0.1, 0.15) is 12.1 Å². The Morgan fingerprint density at radius 2 is 1.83 bits per heavy atom. The zero-order valence-electron chi connectivity index (χ0n) is 15.8. The van der Waals surface area contributed by atoms with Gasteiger partial charge in [-0.15, -0.1) is 0 Å². The summed E-state index contributed by atoms with van der Waals surface area (Å²) in [5.74, 6) is -1.09. The molecule has 8 heteroatoms. The first-order valence-electron chi connectivity index (χ1n) is 9.06. The summed E-state index contributed by atoms with van der Waals surface area (Å²) in [7, 11) is 0. The van der Waals surface area contributed by atoms with E-state index in [1.54, 1.807) is 54.6 Å². The number of rotatable bonds is 8. The quantitative estimate of drug-likeness (QED) is 0.590. The van der Waals surface area contributed by atoms with Crippen molar-refractivity contribution in [2.24, 2.45) is 0 Å². The first-order chi connectivity index (χ1) is 14.0. The van der Waals surface area contributed by atoms with E-state index in [0.717, 1.165) is 0 Å². The van der Waals surface area contributed by atoms with Gasteiger partial charge in [-0.25, -0.2) is 9.78 Å². The number of aliphatic carboxylic acids is 1. The third-order valence-electron chi connectivity index (χ3n) is 4.56. The molecule has 3 rings (SSSR count). The van der Waals surface area contributed by atoms with Gasteiger partial charge in [0.05, 0.1) is 17.2 Å². The fourth-order valence-corrected chi connectivity index (χ4v) is 3.56. The monoisotopic (exact) mass is 411 g/mol. The zero-order chi connectivity index (χ0) is 20.8. The van der Waals surface area contributed by atoms with Gasteiger partial charge in [0.15, 0.2) is 0 Å². The molecule has 1 heterocycles. The summed E-state index contributed by atoms with van der Waals surface area (Å²) in [5.41, 5.74) is 0.734. The Kier molecular flexibility index (Phi) is 6.66. The highest BCUT2D eigenvalue weighted by Gasteiger charge is 2.28. The molecule has 0 fully saturated rings. The van der Waals surface area contributed by atoms with Gasteiger partial charge in [-0.05, 0) is 36.1 Å². The maximum Gasteiger partial charge on any atom is 0.326 e. The maximum atomic E-state index is 13.1. The minimum Gasteiger partial charge on any atom is -0.480 e. The van der Waals surface area contributed by atoms with E-state index in [1.807, 2.05) is 6.26 Å². The number of carbonyl (C=O) groups excluding carboxylic acids is 1. The number of hydrogen-bond donors (Lipinski definition) is 2. The number of para-hydroxylation sites is 1. The van der Waals surface area contributed by atoms with E-state index in [4.69, 9.17) is 0 Å². The molecule has 1 aromatic heterocycles. The molecule has 0 saturated heterocycles. The Balaban J connectivity index is 2.04. The van der Waals surface area contributed by atoms with Crippen LogP contribution >= 0.6 is 11.8 Å². The van der Waals surface area contributed by atoms with Crippen molar-refractivity contribution in [3.8, 4) is 0 Å². The van der Waals surface area contributed by atoms with Crippen molar-refractivity contribution in [1.29, 1.82) is 0 Å². The Morgan fingerprint density at radius 1 is 1.14 bits per heavy atom. The topological polar surface area (TPSA) is 101 Å². The number of carbonyl (C=O) groups is 2. The van der Waals surface area contributed by atoms with Crippen molar-refractivity contribution in [1.82, 2.24) is 14.9 Å². The molecule has 2 aromatic carbocycles. The van der Waals surface area contributed by atoms with E-state index in [0.29, 0.717) is 22.2 Å². The number of hydrogen-bond acceptors (Lipinski definition) is 5. The van der Waals surface area contributed by atoms with E-state index >= 15 is 0 Å². The van der Waals surface area contributed by atoms with Gasteiger partial charge in [-0.3, -0.25) is 14.2 Å². The van der Waals surface area contributed by atoms with E-state index in [2.05, 4.69) is 10.3 Å². The summed E-state index contributed by atoms with van der Waals surface area (Å²) in [6, 6.07) is 13.6. The number of nitrogens with one attached hydrogen (secondary N) is 1. The number of amides is 1. The molecule has 0 bridgehead atoms. The second-order valence-electron chi connectivity index (χ2n) is 6.47. The van der Waals surface area contributed by atoms with E-state index in [1.165, 1.54) is 22.7 Å². The Bertz CT molecular complexity index is 1070. The lowest BCUT2D eigenvalue weighted by molar-refractivity contribution is -0.142. The average Bonchev–Trinajstić information content (AvgIpc) is 2.73. The van der Waals surface area contributed by atoms with Crippen LogP contribution in [-0.4, -0.2) is 44.6 Å². The molecular weight excluding hydrogens is 390 g/mol. The number of fused-ring (bicyclic) bond motifs is 1. The van der Waals surface area contributed by atoms with Gasteiger partial charge in [-0.1, -0.05) is 42.5 Å². The second-order valence-corrected chi connectivity index (χ2v) is 7.45. The summed E-state index contributed by atoms with van der Waals surface area (Å²) >= 11 is 1.50. The smallest absolute Gasteiger partial charge is 0.326 e. The molecule has 29 heavy (non-hydrogen) atoms. The SMILES string of the molecule is CSCCC(NC(=O)C(c1ccccc1)n1cnc2ccccc2c1=O)C(=O)O. The van der Waals surface area contributed by atoms with E-state index in [-0.39, 0.29) is 12.0 Å². The molecule has 0 aliphatic rings. The fraction of sp³-hybridized carbons (Fsp3) is 0.238. The van der Waals surface area contributed by atoms with Crippen LogP contribution in [0.15, 0.2) is 65.7 Å². The molecule has 0 saturated carbocycles. The predicted molar refractivity (Wildman–Crippen MR) is 113 cm³/mol. The van der Waals surface area contributed by atoms with Gasteiger partial charge in [0, 0.05) is 0 Å². The van der Waals surface area contributed by atoms with Crippen LogP contribution in [0.5, 0.6) is 0 Å². The van der Waals surface area contributed by atoms with Crippen LogP contribution in [0.3, 0.4) is 0 Å². The lowest BCUT2D eigenvalue weighted by atomic mass is 10.0. The molecule has 3 aromatic rings. The normalized spacial score (nSPS) is 13.0. The van der Waals surface area contributed by atoms with Gasteiger partial charge < -0.3 is 10.4 Å². The minimum atomic E-state index is -1.11. The highest BCUT2D eigenvalue weighted by molar-refractivity contribution is 7.98. The molecule has 0 spiro atoms. The molecule has 7 nitrogen and oxygen atoms in total. The molecule has 2 N–H and O–H groups in total. The maximum absolute atomic E-state index is 13.1. The summed E-state index contributed by atoms with van der Waals surface area (Å²) in [5, 5.41) is 12.4. The van der Waals surface area contributed by atoms with Crippen LogP contribution in [0, 0.1) is 0 Å². The number of nitrogens with zero attached hydrogens (tertiary/aromatic N) is 2. The van der Waals surface area contributed by atoms with Gasteiger partial charge in [-0.2, -0.15) is 11.8 Å². The van der Waals surface area contributed by atoms with Crippen molar-refractivity contribution in [3.63, 3.8) is 0 Å². The van der Waals surface area contributed by atoms with Crippen molar-refractivity contribution in [2.75, 3.05) is 12.0 Å². The van der Waals surface area contributed by atoms with Crippen LogP contribution in [0.4, 0.5) is 0 Å².